The Morgan fingerprint density at radius 2 is 1.80 bits per heavy atom. The summed E-state index contributed by atoms with van der Waals surface area (Å²) in [6.07, 6.45) is -1.51. The lowest BCUT2D eigenvalue weighted by Gasteiger charge is -2.35. The van der Waals surface area contributed by atoms with E-state index in [0.717, 1.165) is 0 Å². The Balaban J connectivity index is 1.62. The van der Waals surface area contributed by atoms with Crippen LogP contribution in [0.25, 0.3) is 22.4 Å². The Bertz CT molecular complexity index is 1460. The number of amides is 2. The number of fused-ring (bicyclic) bond motifs is 1. The van der Waals surface area contributed by atoms with Crippen LogP contribution in [0.2, 0.25) is 0 Å². The minimum Gasteiger partial charge on any atom is -0.484 e. The van der Waals surface area contributed by atoms with Crippen LogP contribution in [0, 0.1) is 18.2 Å². The molecular weight excluding hydrogens is 535 g/mol. The summed E-state index contributed by atoms with van der Waals surface area (Å²) in [6, 6.07) is 5.15. The first-order valence-corrected chi connectivity index (χ1v) is 13.3. The van der Waals surface area contributed by atoms with Crippen molar-refractivity contribution in [1.29, 1.82) is 0 Å². The predicted molar refractivity (Wildman–Crippen MR) is 147 cm³/mol. The van der Waals surface area contributed by atoms with Gasteiger partial charge < -0.3 is 29.3 Å². The van der Waals surface area contributed by atoms with E-state index in [9.17, 15) is 23.9 Å². The van der Waals surface area contributed by atoms with Gasteiger partial charge in [0.2, 0.25) is 11.5 Å². The van der Waals surface area contributed by atoms with Crippen molar-refractivity contribution in [3.63, 3.8) is 0 Å². The third-order valence-electron chi connectivity index (χ3n) is 6.59. The van der Waals surface area contributed by atoms with E-state index in [-0.39, 0.29) is 24.3 Å². The summed E-state index contributed by atoms with van der Waals surface area (Å²) < 4.78 is 30.6. The van der Waals surface area contributed by atoms with Gasteiger partial charge in [-0.2, -0.15) is 0 Å². The first-order valence-electron chi connectivity index (χ1n) is 13.3. The quantitative estimate of drug-likeness (QED) is 0.430. The number of nitrogens with zero attached hydrogens (tertiary/aromatic N) is 3. The lowest BCUT2D eigenvalue weighted by molar-refractivity contribution is -0.150. The minimum atomic E-state index is -1.20. The number of nitrogens with one attached hydrogen (secondary N) is 1. The van der Waals surface area contributed by atoms with Gasteiger partial charge in [0, 0.05) is 18.1 Å². The number of carboxylic acid groups (broad SMARTS) is 1. The first-order chi connectivity index (χ1) is 19.0. The van der Waals surface area contributed by atoms with Gasteiger partial charge in [-0.25, -0.2) is 19.0 Å². The number of benzene rings is 1. The van der Waals surface area contributed by atoms with Crippen LogP contribution >= 0.6 is 0 Å². The number of likely N-dealkylation sites (tertiary alicyclic amines) is 1. The SMILES string of the molecule is Cc1noc2c(OC3CC(C(=O)O)N(C(=O)C(NC(=O)OC(C)(C)C)C(C)(C)C)C3)cc(-c3ccc(F)cc3)nc12. The second-order valence-electron chi connectivity index (χ2n) is 12.2. The van der Waals surface area contributed by atoms with Gasteiger partial charge in [0.1, 0.15) is 40.8 Å². The Morgan fingerprint density at radius 1 is 1.15 bits per heavy atom. The Kier molecular flexibility index (Phi) is 7.97. The van der Waals surface area contributed by atoms with E-state index >= 15 is 0 Å². The molecule has 2 N–H and O–H groups in total. The maximum atomic E-state index is 13.8. The molecule has 12 heteroatoms. The average Bonchev–Trinajstić information content (AvgIpc) is 3.45. The van der Waals surface area contributed by atoms with Gasteiger partial charge in [0.05, 0.1) is 12.2 Å². The molecule has 1 fully saturated rings. The Labute approximate surface area is 237 Å². The van der Waals surface area contributed by atoms with Crippen LogP contribution in [0.4, 0.5) is 9.18 Å². The van der Waals surface area contributed by atoms with Crippen molar-refractivity contribution < 1.29 is 37.9 Å². The predicted octanol–water partition coefficient (Wildman–Crippen LogP) is 4.71. The highest BCUT2D eigenvalue weighted by Gasteiger charge is 2.46. The van der Waals surface area contributed by atoms with Gasteiger partial charge in [-0.15, -0.1) is 0 Å². The molecule has 0 radical (unpaired) electrons. The number of rotatable bonds is 6. The lowest BCUT2D eigenvalue weighted by Crippen LogP contribution is -2.57. The van der Waals surface area contributed by atoms with Crippen LogP contribution < -0.4 is 10.1 Å². The molecule has 2 aromatic heterocycles. The van der Waals surface area contributed by atoms with E-state index in [1.165, 1.54) is 17.0 Å². The van der Waals surface area contributed by atoms with Crippen molar-refractivity contribution in [3.05, 3.63) is 41.8 Å². The molecule has 0 aliphatic carbocycles. The topological polar surface area (TPSA) is 144 Å². The number of aromatic nitrogens is 2. The van der Waals surface area contributed by atoms with Crippen molar-refractivity contribution in [2.45, 2.75) is 78.7 Å². The summed E-state index contributed by atoms with van der Waals surface area (Å²) in [6.45, 7) is 12.1. The highest BCUT2D eigenvalue weighted by molar-refractivity contribution is 5.90. The molecule has 41 heavy (non-hydrogen) atoms. The zero-order valence-corrected chi connectivity index (χ0v) is 24.1. The number of carbonyl (C=O) groups excluding carboxylic acids is 2. The smallest absolute Gasteiger partial charge is 0.408 e. The number of carboxylic acids is 1. The summed E-state index contributed by atoms with van der Waals surface area (Å²) in [4.78, 5) is 44.4. The highest BCUT2D eigenvalue weighted by Crippen LogP contribution is 2.35. The second-order valence-corrected chi connectivity index (χ2v) is 12.2. The molecule has 220 valence electrons. The van der Waals surface area contributed by atoms with E-state index < -0.39 is 53.0 Å². The molecule has 11 nitrogen and oxygen atoms in total. The maximum Gasteiger partial charge on any atom is 0.408 e. The molecule has 2 amide bonds. The fourth-order valence-corrected chi connectivity index (χ4v) is 4.64. The number of hydrogen-bond donors (Lipinski definition) is 2. The molecular formula is C29H35FN4O7. The third kappa shape index (κ3) is 6.75. The molecule has 3 aromatic rings. The number of alkyl carbamates (subject to hydrolysis) is 1. The van der Waals surface area contributed by atoms with Crippen molar-refractivity contribution in [3.8, 4) is 17.0 Å². The monoisotopic (exact) mass is 570 g/mol. The molecule has 3 atom stereocenters. The van der Waals surface area contributed by atoms with E-state index in [4.69, 9.17) is 14.0 Å². The summed E-state index contributed by atoms with van der Waals surface area (Å²) >= 11 is 0. The number of halogens is 1. The number of pyridine rings is 1. The number of aliphatic carboxylic acids is 1. The number of hydrogen-bond acceptors (Lipinski definition) is 8. The van der Waals surface area contributed by atoms with Crippen molar-refractivity contribution >= 4 is 29.1 Å². The van der Waals surface area contributed by atoms with Gasteiger partial charge in [-0.3, -0.25) is 4.79 Å². The Morgan fingerprint density at radius 3 is 2.39 bits per heavy atom. The average molecular weight is 571 g/mol. The van der Waals surface area contributed by atoms with Crippen LogP contribution in [0.5, 0.6) is 5.75 Å². The molecule has 3 unspecified atom stereocenters. The van der Waals surface area contributed by atoms with Crippen molar-refractivity contribution in [2.24, 2.45) is 5.41 Å². The van der Waals surface area contributed by atoms with Crippen LogP contribution in [-0.4, -0.2) is 68.5 Å². The molecule has 1 aliphatic rings. The molecule has 3 heterocycles. The minimum absolute atomic E-state index is 0.00676. The summed E-state index contributed by atoms with van der Waals surface area (Å²) in [5.41, 5.74) is 0.797. The maximum absolute atomic E-state index is 13.8. The highest BCUT2D eigenvalue weighted by atomic mass is 19.1. The van der Waals surface area contributed by atoms with E-state index in [0.29, 0.717) is 22.5 Å². The fourth-order valence-electron chi connectivity index (χ4n) is 4.64. The van der Waals surface area contributed by atoms with Gasteiger partial charge in [-0.05, 0) is 57.4 Å². The van der Waals surface area contributed by atoms with E-state index in [1.54, 1.807) is 66.7 Å². The standard InChI is InChI=1S/C29H35FN4O7/c1-15-22-23(41-33-15)21(13-19(31-22)16-8-10-17(30)11-9-16)39-18-12-20(26(36)37)34(14-18)25(35)24(28(2,3)4)32-27(38)40-29(5,6)7/h8-11,13,18,20,24H,12,14H2,1-7H3,(H,32,38)(H,36,37). The molecule has 1 aliphatic heterocycles. The number of ether oxygens (including phenoxy) is 2. The van der Waals surface area contributed by atoms with Gasteiger partial charge in [-0.1, -0.05) is 25.9 Å². The van der Waals surface area contributed by atoms with Gasteiger partial charge in [0.15, 0.2) is 5.75 Å². The van der Waals surface area contributed by atoms with Crippen molar-refractivity contribution in [2.75, 3.05) is 6.54 Å². The van der Waals surface area contributed by atoms with Gasteiger partial charge >= 0.3 is 12.1 Å². The molecule has 4 rings (SSSR count). The van der Waals surface area contributed by atoms with Crippen LogP contribution in [0.3, 0.4) is 0 Å². The summed E-state index contributed by atoms with van der Waals surface area (Å²) in [5, 5.41) is 16.6. The lowest BCUT2D eigenvalue weighted by atomic mass is 9.85. The number of carbonyl (C=O) groups is 3. The normalized spacial score (nSPS) is 18.3. The van der Waals surface area contributed by atoms with Crippen LogP contribution in [0.15, 0.2) is 34.9 Å². The largest absolute Gasteiger partial charge is 0.484 e. The van der Waals surface area contributed by atoms with Crippen LogP contribution in [0.1, 0.15) is 53.7 Å². The first kappa shape index (κ1) is 29.8. The molecule has 0 saturated carbocycles. The van der Waals surface area contributed by atoms with Crippen LogP contribution in [-0.2, 0) is 14.3 Å². The van der Waals surface area contributed by atoms with E-state index in [1.807, 2.05) is 0 Å². The molecule has 0 spiro atoms. The second kappa shape index (κ2) is 11.0. The summed E-state index contributed by atoms with van der Waals surface area (Å²) in [5.74, 6) is -1.89. The zero-order valence-electron chi connectivity index (χ0n) is 24.1. The molecule has 1 aromatic carbocycles. The van der Waals surface area contributed by atoms with E-state index in [2.05, 4.69) is 15.5 Å². The third-order valence-corrected chi connectivity index (χ3v) is 6.59. The fraction of sp³-hybridized carbons (Fsp3) is 0.483. The Hall–Kier alpha value is -4.22. The zero-order chi connectivity index (χ0) is 30.3. The molecule has 1 saturated heterocycles. The number of aryl methyl sites for hydroxylation is 1. The molecule has 0 bridgehead atoms. The van der Waals surface area contributed by atoms with Crippen molar-refractivity contribution in [1.82, 2.24) is 20.4 Å². The van der Waals surface area contributed by atoms with Gasteiger partial charge in [0.25, 0.3) is 0 Å². The summed E-state index contributed by atoms with van der Waals surface area (Å²) in [7, 11) is 0.